The third kappa shape index (κ3) is 4.51. The molecule has 6 atom stereocenters. The third-order valence-electron chi connectivity index (χ3n) is 11.5. The molecule has 2 heterocycles. The number of amides is 4. The molecule has 8 nitrogen and oxygen atoms in total. The number of carbonyl (C=O) groups is 4. The summed E-state index contributed by atoms with van der Waals surface area (Å²) in [4.78, 5) is 59.9. The van der Waals surface area contributed by atoms with Gasteiger partial charge in [-0.15, -0.1) is 0 Å². The number of nitrogens with one attached hydrogen (secondary N) is 1. The maximum Gasteiger partial charge on any atom is 0.260 e. The summed E-state index contributed by atoms with van der Waals surface area (Å²) in [6.45, 7) is 0. The number of hydrogen-bond donors (Lipinski definition) is 2. The van der Waals surface area contributed by atoms with Crippen LogP contribution in [0.2, 0.25) is 5.02 Å². The average Bonchev–Trinajstić information content (AvgIpc) is 3.54. The first-order valence-corrected chi connectivity index (χ1v) is 17.6. The predicted octanol–water partition coefficient (Wildman–Crippen LogP) is 7.53. The van der Waals surface area contributed by atoms with Crippen LogP contribution in [0.1, 0.15) is 29.9 Å². The Morgan fingerprint density at radius 3 is 2.23 bits per heavy atom. The molecule has 258 valence electrons. The van der Waals surface area contributed by atoms with Crippen LogP contribution in [0.15, 0.2) is 127 Å². The summed E-state index contributed by atoms with van der Waals surface area (Å²) in [5.74, 6) is -6.27. The zero-order chi connectivity index (χ0) is 35.9. The fourth-order valence-corrected chi connectivity index (χ4v) is 9.46. The van der Waals surface area contributed by atoms with Gasteiger partial charge in [-0.1, -0.05) is 90.0 Å². The van der Waals surface area contributed by atoms with Crippen molar-refractivity contribution < 1.29 is 28.7 Å². The maximum atomic E-state index is 15.3. The topological polar surface area (TPSA) is 107 Å². The molecule has 1 saturated carbocycles. The van der Waals surface area contributed by atoms with Crippen molar-refractivity contribution in [1.82, 2.24) is 5.01 Å². The van der Waals surface area contributed by atoms with E-state index in [1.54, 1.807) is 60.7 Å². The van der Waals surface area contributed by atoms with Crippen LogP contribution < -0.4 is 10.3 Å². The van der Waals surface area contributed by atoms with Crippen LogP contribution in [0.3, 0.4) is 0 Å². The molecule has 4 amide bonds. The van der Waals surface area contributed by atoms with Crippen LogP contribution in [-0.4, -0.2) is 33.7 Å². The summed E-state index contributed by atoms with van der Waals surface area (Å²) in [6, 6.07) is 32.0. The van der Waals surface area contributed by atoms with Gasteiger partial charge < -0.3 is 5.11 Å². The average molecular weight is 712 g/mol. The van der Waals surface area contributed by atoms with Gasteiger partial charge in [-0.2, -0.15) is 5.01 Å². The first kappa shape index (κ1) is 32.1. The Kier molecular flexibility index (Phi) is 7.34. The molecular formula is C42H31ClFN3O5. The summed E-state index contributed by atoms with van der Waals surface area (Å²) in [5, 5.41) is 14.9. The van der Waals surface area contributed by atoms with E-state index in [4.69, 9.17) is 11.6 Å². The minimum absolute atomic E-state index is 0.0382. The van der Waals surface area contributed by atoms with Crippen molar-refractivity contribution in [3.8, 4) is 5.75 Å². The summed E-state index contributed by atoms with van der Waals surface area (Å²) < 4.78 is 13.9. The van der Waals surface area contributed by atoms with Crippen LogP contribution in [-0.2, 0) is 24.6 Å². The lowest BCUT2D eigenvalue weighted by Crippen LogP contribution is -2.53. The van der Waals surface area contributed by atoms with Crippen LogP contribution in [0.25, 0.3) is 10.8 Å². The van der Waals surface area contributed by atoms with Gasteiger partial charge in [-0.25, -0.2) is 4.39 Å². The highest BCUT2D eigenvalue weighted by Gasteiger charge is 2.70. The molecule has 0 aromatic heterocycles. The second kappa shape index (κ2) is 11.9. The van der Waals surface area contributed by atoms with E-state index >= 15 is 4.79 Å². The van der Waals surface area contributed by atoms with Crippen molar-refractivity contribution in [2.45, 2.75) is 24.2 Å². The fraction of sp³-hybridized carbons (Fsp3) is 0.190. The Labute approximate surface area is 303 Å². The van der Waals surface area contributed by atoms with Crippen LogP contribution >= 0.6 is 11.6 Å². The van der Waals surface area contributed by atoms with E-state index in [2.05, 4.69) is 5.43 Å². The number of rotatable bonds is 5. The molecule has 6 unspecified atom stereocenters. The Hall–Kier alpha value is -5.80. The minimum Gasteiger partial charge on any atom is -0.507 e. The van der Waals surface area contributed by atoms with E-state index in [1.165, 1.54) is 29.2 Å². The number of phenolic OH excluding ortho intramolecular Hbond substituents is 1. The molecule has 0 radical (unpaired) electrons. The molecule has 52 heavy (non-hydrogen) atoms. The van der Waals surface area contributed by atoms with Gasteiger partial charge in [-0.05, 0) is 78.2 Å². The summed E-state index contributed by atoms with van der Waals surface area (Å²) in [6.07, 6.45) is 2.29. The Morgan fingerprint density at radius 1 is 0.769 bits per heavy atom. The number of allylic oxidation sites excluding steroid dienone is 2. The highest BCUT2D eigenvalue weighted by atomic mass is 35.5. The second-order valence-electron chi connectivity index (χ2n) is 13.9. The number of phenols is 1. The highest BCUT2D eigenvalue weighted by Crippen LogP contribution is 2.65. The molecule has 2 aliphatic carbocycles. The minimum atomic E-state index is -1.60. The Morgan fingerprint density at radius 2 is 1.48 bits per heavy atom. The predicted molar refractivity (Wildman–Crippen MR) is 194 cm³/mol. The van der Waals surface area contributed by atoms with Gasteiger partial charge in [0.05, 0.1) is 34.5 Å². The van der Waals surface area contributed by atoms with Gasteiger partial charge in [0.2, 0.25) is 11.8 Å². The lowest BCUT2D eigenvalue weighted by molar-refractivity contribution is -0.138. The number of aromatic hydroxyl groups is 1. The third-order valence-corrected chi connectivity index (χ3v) is 11.8. The second-order valence-corrected chi connectivity index (χ2v) is 14.4. The van der Waals surface area contributed by atoms with Crippen molar-refractivity contribution in [2.24, 2.45) is 23.7 Å². The van der Waals surface area contributed by atoms with E-state index < -0.39 is 52.6 Å². The normalized spacial score (nSPS) is 26.7. The number of anilines is 2. The van der Waals surface area contributed by atoms with Crippen molar-refractivity contribution in [1.29, 1.82) is 0 Å². The molecule has 5 aromatic carbocycles. The monoisotopic (exact) mass is 711 g/mol. The smallest absolute Gasteiger partial charge is 0.260 e. The van der Waals surface area contributed by atoms with Crippen molar-refractivity contribution >= 4 is 57.4 Å². The van der Waals surface area contributed by atoms with Gasteiger partial charge in [0, 0.05) is 21.9 Å². The zero-order valence-corrected chi connectivity index (χ0v) is 28.3. The highest BCUT2D eigenvalue weighted by molar-refractivity contribution is 6.30. The summed E-state index contributed by atoms with van der Waals surface area (Å²) in [5.41, 5.74) is 3.81. The first-order chi connectivity index (χ1) is 25.2. The number of halogens is 2. The SMILES string of the molecule is O=C1C2CC3C(=CCC4C(=O)N(c5ccccc5)C(=O)C43)C(c3ccc4ccccc4c3O)C2(c2ccc(Cl)cc2)C(=O)N1Nc1ccc(F)cc1. The van der Waals surface area contributed by atoms with E-state index in [9.17, 15) is 23.9 Å². The molecule has 2 saturated heterocycles. The molecule has 3 fully saturated rings. The molecule has 10 heteroatoms. The Balaban J connectivity index is 1.28. The Bertz CT molecular complexity index is 2350. The number of nitrogens with zero attached hydrogens (tertiary/aromatic N) is 2. The van der Waals surface area contributed by atoms with Crippen LogP contribution in [0, 0.1) is 29.5 Å². The van der Waals surface area contributed by atoms with E-state index in [0.717, 1.165) is 16.0 Å². The van der Waals surface area contributed by atoms with Crippen molar-refractivity contribution in [3.63, 3.8) is 0 Å². The van der Waals surface area contributed by atoms with Gasteiger partial charge in [-0.3, -0.25) is 29.5 Å². The molecule has 2 aliphatic heterocycles. The van der Waals surface area contributed by atoms with E-state index in [-0.39, 0.29) is 30.4 Å². The van der Waals surface area contributed by atoms with Gasteiger partial charge in [0.15, 0.2) is 0 Å². The van der Waals surface area contributed by atoms with Crippen molar-refractivity contribution in [3.05, 3.63) is 149 Å². The molecule has 2 N–H and O–H groups in total. The standard InChI is InChI=1S/C42H31ClFN3O5/c43-25-13-11-24(12-14-25)42-34(39(50)47(41(42)52)45-27-17-15-26(44)16-18-27)22-33-30(36(42)32-19-10-23-6-4-5-9-29(23)37(32)48)20-21-31-35(33)40(51)46(38(31)49)28-7-2-1-3-8-28/h1-20,31,33-36,45,48H,21-22H2. The molecule has 4 aliphatic rings. The van der Waals surface area contributed by atoms with Crippen LogP contribution in [0.5, 0.6) is 5.75 Å². The van der Waals surface area contributed by atoms with E-state index in [0.29, 0.717) is 32.9 Å². The lowest BCUT2D eigenvalue weighted by atomic mass is 9.49. The zero-order valence-electron chi connectivity index (χ0n) is 27.6. The lowest BCUT2D eigenvalue weighted by Gasteiger charge is -2.50. The van der Waals surface area contributed by atoms with Gasteiger partial charge in [0.25, 0.3) is 11.8 Å². The summed E-state index contributed by atoms with van der Waals surface area (Å²) >= 11 is 6.38. The number of fused-ring (bicyclic) bond motifs is 5. The molecule has 5 aromatic rings. The maximum absolute atomic E-state index is 15.3. The number of imide groups is 2. The molecular weight excluding hydrogens is 681 g/mol. The van der Waals surface area contributed by atoms with Crippen molar-refractivity contribution in [2.75, 3.05) is 10.3 Å². The van der Waals surface area contributed by atoms with Gasteiger partial charge in [0.1, 0.15) is 11.6 Å². The number of hydrazine groups is 1. The quantitative estimate of drug-likeness (QED) is 0.144. The molecule has 0 spiro atoms. The number of para-hydroxylation sites is 1. The number of carbonyl (C=O) groups excluding carboxylic acids is 4. The largest absolute Gasteiger partial charge is 0.507 e. The van der Waals surface area contributed by atoms with Gasteiger partial charge >= 0.3 is 0 Å². The number of hydrogen-bond acceptors (Lipinski definition) is 6. The fourth-order valence-electron chi connectivity index (χ4n) is 9.34. The summed E-state index contributed by atoms with van der Waals surface area (Å²) in [7, 11) is 0. The molecule has 0 bridgehead atoms. The molecule has 9 rings (SSSR count). The number of benzene rings is 5. The van der Waals surface area contributed by atoms with Crippen LogP contribution in [0.4, 0.5) is 15.8 Å². The van der Waals surface area contributed by atoms with E-state index in [1.807, 2.05) is 36.4 Å². The first-order valence-electron chi connectivity index (χ1n) is 17.2.